The van der Waals surface area contributed by atoms with E-state index in [2.05, 4.69) is 9.97 Å². The molecular weight excluding hydrogens is 366 g/mol. The number of nitrogens with zero attached hydrogens (tertiary/aromatic N) is 2. The van der Waals surface area contributed by atoms with Gasteiger partial charge in [-0.3, -0.25) is 4.79 Å². The van der Waals surface area contributed by atoms with Gasteiger partial charge >= 0.3 is 0 Å². The minimum atomic E-state index is -0.188. The number of methoxy groups -OCH3 is 1. The molecule has 5 rings (SSSR count). The first-order valence-electron chi connectivity index (χ1n) is 8.34. The van der Waals surface area contributed by atoms with Gasteiger partial charge in [0.15, 0.2) is 11.5 Å². The summed E-state index contributed by atoms with van der Waals surface area (Å²) in [4.78, 5) is 25.7. The number of nitrogens with one attached hydrogen (secondary N) is 1. The first-order chi connectivity index (χ1) is 13.0. The lowest BCUT2D eigenvalue weighted by Crippen LogP contribution is -2.07. The second-order valence-electron chi connectivity index (χ2n) is 6.37. The summed E-state index contributed by atoms with van der Waals surface area (Å²) in [7, 11) is 1.56. The van der Waals surface area contributed by atoms with Gasteiger partial charge in [-0.15, -0.1) is 11.3 Å². The van der Waals surface area contributed by atoms with Crippen molar-refractivity contribution >= 4 is 31.8 Å². The second kappa shape index (κ2) is 5.68. The van der Waals surface area contributed by atoms with Crippen molar-refractivity contribution in [1.29, 1.82) is 0 Å². The van der Waals surface area contributed by atoms with Crippen molar-refractivity contribution in [2.24, 2.45) is 0 Å². The van der Waals surface area contributed by atoms with Gasteiger partial charge in [0.05, 0.1) is 12.6 Å². The van der Waals surface area contributed by atoms with E-state index < -0.39 is 0 Å². The first kappa shape index (κ1) is 16.1. The molecule has 1 N–H and O–H groups in total. The van der Waals surface area contributed by atoms with Crippen LogP contribution in [0.4, 0.5) is 0 Å². The van der Waals surface area contributed by atoms with Crippen LogP contribution in [-0.2, 0) is 0 Å². The number of thiophene rings is 1. The van der Waals surface area contributed by atoms with Crippen molar-refractivity contribution in [2.45, 2.75) is 13.8 Å². The summed E-state index contributed by atoms with van der Waals surface area (Å²) < 4.78 is 16.9. The maximum absolute atomic E-state index is 12.7. The summed E-state index contributed by atoms with van der Waals surface area (Å²) in [5, 5.41) is 0.917. The molecule has 0 fully saturated rings. The molecule has 0 bridgehead atoms. The molecule has 0 saturated carbocycles. The summed E-state index contributed by atoms with van der Waals surface area (Å²) in [6, 6.07) is 5.57. The number of pyridine rings is 1. The van der Waals surface area contributed by atoms with Crippen LogP contribution in [0.25, 0.3) is 31.8 Å². The summed E-state index contributed by atoms with van der Waals surface area (Å²) in [5.74, 6) is 2.10. The van der Waals surface area contributed by atoms with E-state index in [0.717, 1.165) is 21.5 Å². The topological polar surface area (TPSA) is 86.3 Å². The molecule has 7 nitrogen and oxygen atoms in total. The largest absolute Gasteiger partial charge is 0.493 e. The third-order valence-corrected chi connectivity index (χ3v) is 5.63. The van der Waals surface area contributed by atoms with E-state index in [1.54, 1.807) is 19.2 Å². The number of ether oxygens (including phenoxy) is 3. The van der Waals surface area contributed by atoms with Crippen LogP contribution in [0.15, 0.2) is 23.0 Å². The third-order valence-electron chi connectivity index (χ3n) is 4.56. The Bertz CT molecular complexity index is 1290. The minimum absolute atomic E-state index is 0.136. The Morgan fingerprint density at radius 3 is 2.85 bits per heavy atom. The molecule has 0 amide bonds. The van der Waals surface area contributed by atoms with Crippen LogP contribution in [-0.4, -0.2) is 28.9 Å². The lowest BCUT2D eigenvalue weighted by molar-refractivity contribution is 0.171. The average Bonchev–Trinajstić information content (AvgIpc) is 3.25. The van der Waals surface area contributed by atoms with E-state index in [1.165, 1.54) is 11.3 Å². The predicted octanol–water partition coefficient (Wildman–Crippen LogP) is 3.55. The fourth-order valence-electron chi connectivity index (χ4n) is 3.39. The van der Waals surface area contributed by atoms with E-state index in [4.69, 9.17) is 19.2 Å². The molecule has 0 spiro atoms. The predicted molar refractivity (Wildman–Crippen MR) is 103 cm³/mol. The van der Waals surface area contributed by atoms with E-state index in [0.29, 0.717) is 38.9 Å². The smallest absolute Gasteiger partial charge is 0.269 e. The number of aromatic amines is 1. The SMILES string of the molecule is COc1cc(-c2nc3c(sc4nc(C)cc(C)c43)c(=O)[nH]2)cc2c1OCO2. The molecular formula is C19H15N3O4S. The standard InChI is InChI=1S/C19H15N3O4S/c1-8-4-9(2)20-19-13(8)14-16(27-19)18(23)22-17(21-14)10-5-11(24-3)15-12(6-10)25-7-26-15/h4-6H,7H2,1-3H3,(H,21,22,23). The second-order valence-corrected chi connectivity index (χ2v) is 7.37. The zero-order valence-electron chi connectivity index (χ0n) is 14.9. The van der Waals surface area contributed by atoms with Crippen LogP contribution in [0.1, 0.15) is 11.3 Å². The Balaban J connectivity index is 1.80. The van der Waals surface area contributed by atoms with Gasteiger partial charge in [0.1, 0.15) is 15.4 Å². The zero-order chi connectivity index (χ0) is 18.7. The summed E-state index contributed by atoms with van der Waals surface area (Å²) >= 11 is 1.36. The van der Waals surface area contributed by atoms with Crippen molar-refractivity contribution in [1.82, 2.24) is 15.0 Å². The van der Waals surface area contributed by atoms with Crippen molar-refractivity contribution in [3.05, 3.63) is 39.8 Å². The maximum atomic E-state index is 12.7. The molecule has 3 aromatic heterocycles. The van der Waals surface area contributed by atoms with Gasteiger partial charge in [-0.1, -0.05) is 0 Å². The quantitative estimate of drug-likeness (QED) is 0.571. The number of H-pyrrole nitrogens is 1. The highest BCUT2D eigenvalue weighted by Crippen LogP contribution is 2.44. The van der Waals surface area contributed by atoms with Crippen LogP contribution < -0.4 is 19.8 Å². The molecule has 0 aliphatic carbocycles. The van der Waals surface area contributed by atoms with E-state index in [9.17, 15) is 4.79 Å². The van der Waals surface area contributed by atoms with Crippen LogP contribution >= 0.6 is 11.3 Å². The fourth-order valence-corrected chi connectivity index (χ4v) is 4.52. The number of fused-ring (bicyclic) bond motifs is 4. The van der Waals surface area contributed by atoms with Gasteiger partial charge < -0.3 is 19.2 Å². The van der Waals surface area contributed by atoms with Gasteiger partial charge in [-0.25, -0.2) is 9.97 Å². The third kappa shape index (κ3) is 2.37. The highest BCUT2D eigenvalue weighted by atomic mass is 32.1. The van der Waals surface area contributed by atoms with E-state index in [1.807, 2.05) is 19.9 Å². The minimum Gasteiger partial charge on any atom is -0.493 e. The van der Waals surface area contributed by atoms with Gasteiger partial charge in [-0.05, 0) is 37.6 Å². The fraction of sp³-hybridized carbons (Fsp3) is 0.211. The monoisotopic (exact) mass is 381 g/mol. The molecule has 27 heavy (non-hydrogen) atoms. The van der Waals surface area contributed by atoms with E-state index in [-0.39, 0.29) is 12.4 Å². The number of benzene rings is 1. The highest BCUT2D eigenvalue weighted by molar-refractivity contribution is 7.25. The Hall–Kier alpha value is -3.13. The van der Waals surface area contributed by atoms with Crippen molar-refractivity contribution in [3.63, 3.8) is 0 Å². The molecule has 1 aliphatic heterocycles. The molecule has 1 aliphatic rings. The van der Waals surface area contributed by atoms with Crippen molar-refractivity contribution in [3.8, 4) is 28.6 Å². The lowest BCUT2D eigenvalue weighted by Gasteiger charge is -2.08. The first-order valence-corrected chi connectivity index (χ1v) is 9.15. The Morgan fingerprint density at radius 1 is 1.19 bits per heavy atom. The number of aryl methyl sites for hydroxylation is 2. The number of rotatable bonds is 2. The Morgan fingerprint density at radius 2 is 2.04 bits per heavy atom. The molecule has 136 valence electrons. The van der Waals surface area contributed by atoms with Gasteiger partial charge in [0.25, 0.3) is 5.56 Å². The molecule has 1 aromatic carbocycles. The Labute approximate surface area is 157 Å². The maximum Gasteiger partial charge on any atom is 0.269 e. The molecule has 8 heteroatoms. The van der Waals surface area contributed by atoms with Gasteiger partial charge in [0, 0.05) is 16.6 Å². The number of aromatic nitrogens is 3. The number of hydrogen-bond acceptors (Lipinski definition) is 7. The number of hydrogen-bond donors (Lipinski definition) is 1. The summed E-state index contributed by atoms with van der Waals surface area (Å²) in [6.45, 7) is 4.09. The van der Waals surface area contributed by atoms with Gasteiger partial charge in [0.2, 0.25) is 12.5 Å². The summed E-state index contributed by atoms with van der Waals surface area (Å²) in [6.07, 6.45) is 0. The van der Waals surface area contributed by atoms with Crippen LogP contribution in [0, 0.1) is 13.8 Å². The molecule has 0 saturated heterocycles. The van der Waals surface area contributed by atoms with Crippen molar-refractivity contribution < 1.29 is 14.2 Å². The molecule has 0 atom stereocenters. The average molecular weight is 381 g/mol. The highest BCUT2D eigenvalue weighted by Gasteiger charge is 2.22. The molecule has 0 radical (unpaired) electrons. The normalized spacial score (nSPS) is 12.9. The van der Waals surface area contributed by atoms with E-state index >= 15 is 0 Å². The Kier molecular flexibility index (Phi) is 3.38. The van der Waals surface area contributed by atoms with Crippen LogP contribution in [0.5, 0.6) is 17.2 Å². The lowest BCUT2D eigenvalue weighted by atomic mass is 10.1. The molecule has 4 heterocycles. The van der Waals surface area contributed by atoms with Crippen LogP contribution in [0.3, 0.4) is 0 Å². The van der Waals surface area contributed by atoms with Crippen molar-refractivity contribution in [2.75, 3.05) is 13.9 Å². The molecule has 0 unspecified atom stereocenters. The molecule has 4 aromatic rings. The van der Waals surface area contributed by atoms with Gasteiger partial charge in [-0.2, -0.15) is 0 Å². The summed E-state index contributed by atoms with van der Waals surface area (Å²) in [5.41, 5.74) is 3.13. The van der Waals surface area contributed by atoms with Crippen LogP contribution in [0.2, 0.25) is 0 Å². The zero-order valence-corrected chi connectivity index (χ0v) is 15.7.